The van der Waals surface area contributed by atoms with E-state index in [4.69, 9.17) is 0 Å². The van der Waals surface area contributed by atoms with Gasteiger partial charge in [-0.2, -0.15) is 0 Å². The van der Waals surface area contributed by atoms with E-state index in [2.05, 4.69) is 4.98 Å². The predicted octanol–water partition coefficient (Wildman–Crippen LogP) is 0.731. The minimum Gasteiger partial charge on any atom is -0.342 e. The van der Waals surface area contributed by atoms with Crippen LogP contribution in [0.15, 0.2) is 10.9 Å². The van der Waals surface area contributed by atoms with Gasteiger partial charge in [-0.05, 0) is 0 Å². The highest BCUT2D eigenvalue weighted by Gasteiger charge is 1.96. The lowest BCUT2D eigenvalue weighted by Gasteiger charge is -2.06. The minimum atomic E-state index is 0.604. The highest BCUT2D eigenvalue weighted by Crippen LogP contribution is 2.01. The third-order valence-corrected chi connectivity index (χ3v) is 1.71. The van der Waals surface area contributed by atoms with Crippen molar-refractivity contribution < 1.29 is 4.79 Å². The number of hydrogen-bond acceptors (Lipinski definition) is 3. The van der Waals surface area contributed by atoms with E-state index in [1.165, 1.54) is 11.3 Å². The smallest absolute Gasteiger partial charge is 0.209 e. The van der Waals surface area contributed by atoms with Crippen LogP contribution in [0.1, 0.15) is 5.69 Å². The van der Waals surface area contributed by atoms with Gasteiger partial charge >= 0.3 is 0 Å². The van der Waals surface area contributed by atoms with Crippen molar-refractivity contribution in [3.8, 4) is 0 Å². The van der Waals surface area contributed by atoms with E-state index in [9.17, 15) is 4.79 Å². The van der Waals surface area contributed by atoms with Crippen LogP contribution in [0.3, 0.4) is 0 Å². The van der Waals surface area contributed by atoms with Gasteiger partial charge in [0, 0.05) is 12.4 Å². The standard InChI is InChI=1S/C6H8N2OS/c1-8(5-9)2-6-3-10-4-7-6/h3-5H,2H2,1H3. The summed E-state index contributed by atoms with van der Waals surface area (Å²) in [5.41, 5.74) is 2.70. The Morgan fingerprint density at radius 1 is 1.90 bits per heavy atom. The van der Waals surface area contributed by atoms with Crippen LogP contribution in [-0.4, -0.2) is 23.3 Å². The van der Waals surface area contributed by atoms with E-state index in [0.717, 1.165) is 12.1 Å². The van der Waals surface area contributed by atoms with Gasteiger partial charge in [-0.25, -0.2) is 4.98 Å². The summed E-state index contributed by atoms with van der Waals surface area (Å²) in [5, 5.41) is 1.93. The predicted molar refractivity (Wildman–Crippen MR) is 39.6 cm³/mol. The molecule has 54 valence electrons. The normalized spacial score (nSPS) is 9.30. The van der Waals surface area contributed by atoms with Gasteiger partial charge in [0.05, 0.1) is 17.7 Å². The number of carbonyl (C=O) groups is 1. The lowest BCUT2D eigenvalue weighted by molar-refractivity contribution is -0.117. The first kappa shape index (κ1) is 7.21. The number of aromatic nitrogens is 1. The molecule has 0 atom stereocenters. The zero-order chi connectivity index (χ0) is 7.40. The summed E-state index contributed by atoms with van der Waals surface area (Å²) in [7, 11) is 1.73. The molecule has 0 aliphatic rings. The monoisotopic (exact) mass is 156 g/mol. The number of carbonyl (C=O) groups excluding carboxylic acids is 1. The summed E-state index contributed by atoms with van der Waals surface area (Å²) in [5.74, 6) is 0. The van der Waals surface area contributed by atoms with Crippen molar-refractivity contribution in [1.82, 2.24) is 9.88 Å². The van der Waals surface area contributed by atoms with Gasteiger partial charge in [-0.3, -0.25) is 4.79 Å². The molecular weight excluding hydrogens is 148 g/mol. The number of nitrogens with zero attached hydrogens (tertiary/aromatic N) is 2. The molecule has 10 heavy (non-hydrogen) atoms. The molecule has 1 aromatic rings. The maximum absolute atomic E-state index is 10.1. The van der Waals surface area contributed by atoms with E-state index in [-0.39, 0.29) is 0 Å². The van der Waals surface area contributed by atoms with Crippen molar-refractivity contribution in [2.75, 3.05) is 7.05 Å². The summed E-state index contributed by atoms with van der Waals surface area (Å²) in [4.78, 5) is 15.7. The Kier molecular flexibility index (Phi) is 2.39. The fourth-order valence-corrected chi connectivity index (χ4v) is 1.16. The van der Waals surface area contributed by atoms with Crippen LogP contribution in [0.2, 0.25) is 0 Å². The molecule has 0 radical (unpaired) electrons. The quantitative estimate of drug-likeness (QED) is 0.604. The first-order chi connectivity index (χ1) is 4.83. The molecule has 0 unspecified atom stereocenters. The van der Waals surface area contributed by atoms with Gasteiger partial charge in [0.1, 0.15) is 0 Å². The Labute approximate surface area is 63.3 Å². The van der Waals surface area contributed by atoms with E-state index in [1.807, 2.05) is 5.38 Å². The molecule has 4 heteroatoms. The largest absolute Gasteiger partial charge is 0.342 e. The average Bonchev–Trinajstić information content (AvgIpc) is 2.40. The second-order valence-electron chi connectivity index (χ2n) is 2.00. The Morgan fingerprint density at radius 2 is 2.70 bits per heavy atom. The fourth-order valence-electron chi connectivity index (χ4n) is 0.608. The maximum atomic E-state index is 10.1. The summed E-state index contributed by atoms with van der Waals surface area (Å²) >= 11 is 1.54. The first-order valence-corrected chi connectivity index (χ1v) is 3.80. The van der Waals surface area contributed by atoms with Crippen molar-refractivity contribution in [1.29, 1.82) is 0 Å². The highest BCUT2D eigenvalue weighted by atomic mass is 32.1. The topological polar surface area (TPSA) is 33.2 Å². The lowest BCUT2D eigenvalue weighted by atomic mass is 10.5. The van der Waals surface area contributed by atoms with Gasteiger partial charge in [0.2, 0.25) is 6.41 Å². The van der Waals surface area contributed by atoms with E-state index < -0.39 is 0 Å². The van der Waals surface area contributed by atoms with Crippen molar-refractivity contribution in [2.24, 2.45) is 0 Å². The molecular formula is C6H8N2OS. The molecule has 0 saturated heterocycles. The van der Waals surface area contributed by atoms with Crippen molar-refractivity contribution in [3.05, 3.63) is 16.6 Å². The van der Waals surface area contributed by atoms with Gasteiger partial charge in [-0.1, -0.05) is 0 Å². The Bertz CT molecular complexity index is 198. The SMILES string of the molecule is CN(C=O)Cc1cscn1. The molecule has 3 nitrogen and oxygen atoms in total. The van der Waals surface area contributed by atoms with Crippen LogP contribution in [0.5, 0.6) is 0 Å². The Morgan fingerprint density at radius 3 is 3.20 bits per heavy atom. The second-order valence-corrected chi connectivity index (χ2v) is 2.72. The van der Waals surface area contributed by atoms with Crippen LogP contribution in [0.4, 0.5) is 0 Å². The summed E-state index contributed by atoms with van der Waals surface area (Å²) < 4.78 is 0. The molecule has 0 bridgehead atoms. The summed E-state index contributed by atoms with van der Waals surface area (Å²) in [6.45, 7) is 0.604. The van der Waals surface area contributed by atoms with Gasteiger partial charge in [-0.15, -0.1) is 11.3 Å². The molecule has 0 fully saturated rings. The Balaban J connectivity index is 2.47. The molecule has 1 heterocycles. The van der Waals surface area contributed by atoms with Crippen LogP contribution >= 0.6 is 11.3 Å². The molecule has 0 aliphatic carbocycles. The number of amides is 1. The molecule has 1 aromatic heterocycles. The first-order valence-electron chi connectivity index (χ1n) is 2.85. The average molecular weight is 156 g/mol. The zero-order valence-corrected chi connectivity index (χ0v) is 6.47. The van der Waals surface area contributed by atoms with E-state index >= 15 is 0 Å². The minimum absolute atomic E-state index is 0.604. The molecule has 1 amide bonds. The molecule has 0 saturated carbocycles. The molecule has 1 rings (SSSR count). The van der Waals surface area contributed by atoms with Crippen molar-refractivity contribution in [3.63, 3.8) is 0 Å². The van der Waals surface area contributed by atoms with E-state index in [1.54, 1.807) is 17.5 Å². The van der Waals surface area contributed by atoms with Crippen LogP contribution in [-0.2, 0) is 11.3 Å². The maximum Gasteiger partial charge on any atom is 0.209 e. The Hall–Kier alpha value is -0.900. The lowest BCUT2D eigenvalue weighted by Crippen LogP contribution is -2.14. The summed E-state index contributed by atoms with van der Waals surface area (Å²) in [6.07, 6.45) is 0.791. The highest BCUT2D eigenvalue weighted by molar-refractivity contribution is 7.07. The number of hydrogen-bond donors (Lipinski definition) is 0. The molecule has 0 N–H and O–H groups in total. The van der Waals surface area contributed by atoms with Gasteiger partial charge in [0.15, 0.2) is 0 Å². The number of rotatable bonds is 3. The summed E-state index contributed by atoms with van der Waals surface area (Å²) in [6, 6.07) is 0. The third-order valence-electron chi connectivity index (χ3n) is 1.07. The van der Waals surface area contributed by atoms with Crippen LogP contribution in [0, 0.1) is 0 Å². The van der Waals surface area contributed by atoms with Gasteiger partial charge in [0.25, 0.3) is 0 Å². The van der Waals surface area contributed by atoms with Crippen LogP contribution < -0.4 is 0 Å². The fraction of sp³-hybridized carbons (Fsp3) is 0.333. The van der Waals surface area contributed by atoms with Crippen molar-refractivity contribution in [2.45, 2.75) is 6.54 Å². The third kappa shape index (κ3) is 1.80. The molecule has 0 aromatic carbocycles. The van der Waals surface area contributed by atoms with Gasteiger partial charge < -0.3 is 4.90 Å². The van der Waals surface area contributed by atoms with Crippen molar-refractivity contribution >= 4 is 17.7 Å². The number of thiazole rings is 1. The second kappa shape index (κ2) is 3.31. The zero-order valence-electron chi connectivity index (χ0n) is 5.65. The molecule has 0 spiro atoms. The molecule has 0 aliphatic heterocycles. The van der Waals surface area contributed by atoms with Crippen LogP contribution in [0.25, 0.3) is 0 Å². The van der Waals surface area contributed by atoms with E-state index in [0.29, 0.717) is 6.54 Å².